The van der Waals surface area contributed by atoms with Gasteiger partial charge in [-0.1, -0.05) is 50.2 Å². The largest absolute Gasteiger partial charge is 0.359 e. The predicted molar refractivity (Wildman–Crippen MR) is 89.6 cm³/mol. The van der Waals surface area contributed by atoms with E-state index in [9.17, 15) is 0 Å². The number of nitrogens with one attached hydrogen (secondary N) is 1. The van der Waals surface area contributed by atoms with E-state index in [0.717, 1.165) is 25.3 Å². The van der Waals surface area contributed by atoms with E-state index in [1.807, 2.05) is 12.3 Å². The van der Waals surface area contributed by atoms with Gasteiger partial charge in [-0.05, 0) is 18.1 Å². The molecule has 112 valence electrons. The molecule has 0 atom stereocenters. The zero-order chi connectivity index (χ0) is 15.1. The molecule has 0 aliphatic rings. The average Bonchev–Trinajstić information content (AvgIpc) is 2.52. The molecule has 0 saturated carbocycles. The van der Waals surface area contributed by atoms with Gasteiger partial charge in [0.2, 0.25) is 0 Å². The Bertz CT molecular complexity index is 537. The van der Waals surface area contributed by atoms with Crippen LogP contribution in [0.4, 0.5) is 5.82 Å². The Balaban J connectivity index is 1.99. The molecule has 3 nitrogen and oxygen atoms in total. The number of rotatable bonds is 7. The van der Waals surface area contributed by atoms with E-state index in [2.05, 4.69) is 72.5 Å². The van der Waals surface area contributed by atoms with Crippen LogP contribution in [0.2, 0.25) is 0 Å². The van der Waals surface area contributed by atoms with E-state index in [-0.39, 0.29) is 0 Å². The van der Waals surface area contributed by atoms with Crippen LogP contribution in [0.15, 0.2) is 48.7 Å². The van der Waals surface area contributed by atoms with Gasteiger partial charge < -0.3 is 10.2 Å². The number of nitrogens with zero attached hydrogens (tertiary/aromatic N) is 2. The number of aromatic nitrogens is 1. The zero-order valence-corrected chi connectivity index (χ0v) is 13.2. The topological polar surface area (TPSA) is 28.2 Å². The number of benzene rings is 1. The maximum Gasteiger partial charge on any atom is 0.132 e. The van der Waals surface area contributed by atoms with Crippen LogP contribution < -0.4 is 10.2 Å². The summed E-state index contributed by atoms with van der Waals surface area (Å²) in [5.74, 6) is 1.07. The fourth-order valence-corrected chi connectivity index (χ4v) is 2.27. The minimum atomic E-state index is 0.479. The first-order chi connectivity index (χ1) is 10.2. The average molecular weight is 283 g/mol. The Morgan fingerprint density at radius 3 is 2.57 bits per heavy atom. The third kappa shape index (κ3) is 4.87. The van der Waals surface area contributed by atoms with Crippen LogP contribution in [-0.4, -0.2) is 24.6 Å². The molecule has 2 rings (SSSR count). The lowest BCUT2D eigenvalue weighted by molar-refractivity contribution is 0.587. The minimum absolute atomic E-state index is 0.479. The zero-order valence-electron chi connectivity index (χ0n) is 13.2. The second-order valence-electron chi connectivity index (χ2n) is 5.68. The third-order valence-corrected chi connectivity index (χ3v) is 3.51. The van der Waals surface area contributed by atoms with Crippen molar-refractivity contribution in [3.8, 4) is 0 Å². The Morgan fingerprint density at radius 1 is 1.10 bits per heavy atom. The fourth-order valence-electron chi connectivity index (χ4n) is 2.27. The standard InChI is InChI=1S/C18H25N3/c1-15(2)20-14-17-10-7-12-19-18(17)21(3)13-11-16-8-5-4-6-9-16/h4-10,12,15,20H,11,13-14H2,1-3H3. The van der Waals surface area contributed by atoms with Gasteiger partial charge in [0.05, 0.1) is 0 Å². The summed E-state index contributed by atoms with van der Waals surface area (Å²) in [6.07, 6.45) is 2.90. The summed E-state index contributed by atoms with van der Waals surface area (Å²) >= 11 is 0. The number of anilines is 1. The summed E-state index contributed by atoms with van der Waals surface area (Å²) in [5.41, 5.74) is 2.61. The molecule has 1 heterocycles. The van der Waals surface area contributed by atoms with Gasteiger partial charge in [-0.2, -0.15) is 0 Å². The van der Waals surface area contributed by atoms with Gasteiger partial charge in [-0.15, -0.1) is 0 Å². The second-order valence-corrected chi connectivity index (χ2v) is 5.68. The highest BCUT2D eigenvalue weighted by molar-refractivity contribution is 5.46. The molecule has 0 amide bonds. The van der Waals surface area contributed by atoms with Crippen LogP contribution in [0.25, 0.3) is 0 Å². The quantitative estimate of drug-likeness (QED) is 0.845. The van der Waals surface area contributed by atoms with Crippen LogP contribution >= 0.6 is 0 Å². The summed E-state index contributed by atoms with van der Waals surface area (Å²) < 4.78 is 0. The van der Waals surface area contributed by atoms with Crippen molar-refractivity contribution in [2.75, 3.05) is 18.5 Å². The lowest BCUT2D eigenvalue weighted by Crippen LogP contribution is -2.26. The lowest BCUT2D eigenvalue weighted by Gasteiger charge is -2.22. The van der Waals surface area contributed by atoms with Crippen molar-refractivity contribution in [3.63, 3.8) is 0 Å². The van der Waals surface area contributed by atoms with Crippen molar-refractivity contribution in [1.29, 1.82) is 0 Å². The molecular formula is C18H25N3. The molecular weight excluding hydrogens is 258 g/mol. The van der Waals surface area contributed by atoms with Crippen molar-refractivity contribution >= 4 is 5.82 Å². The summed E-state index contributed by atoms with van der Waals surface area (Å²) in [4.78, 5) is 6.80. The van der Waals surface area contributed by atoms with Gasteiger partial charge in [0.1, 0.15) is 5.82 Å². The van der Waals surface area contributed by atoms with Crippen LogP contribution in [0.1, 0.15) is 25.0 Å². The van der Waals surface area contributed by atoms with Crippen LogP contribution in [0.3, 0.4) is 0 Å². The normalized spacial score (nSPS) is 10.9. The van der Waals surface area contributed by atoms with Crippen molar-refractivity contribution in [2.45, 2.75) is 32.9 Å². The number of hydrogen-bond donors (Lipinski definition) is 1. The van der Waals surface area contributed by atoms with E-state index >= 15 is 0 Å². The molecule has 0 spiro atoms. The molecule has 0 saturated heterocycles. The highest BCUT2D eigenvalue weighted by Gasteiger charge is 2.09. The van der Waals surface area contributed by atoms with Crippen molar-refractivity contribution in [3.05, 3.63) is 59.8 Å². The molecule has 1 aromatic carbocycles. The van der Waals surface area contributed by atoms with Gasteiger partial charge >= 0.3 is 0 Å². The first kappa shape index (κ1) is 15.5. The van der Waals surface area contributed by atoms with E-state index in [0.29, 0.717) is 6.04 Å². The Morgan fingerprint density at radius 2 is 1.86 bits per heavy atom. The number of hydrogen-bond acceptors (Lipinski definition) is 3. The van der Waals surface area contributed by atoms with Gasteiger partial charge in [0.25, 0.3) is 0 Å². The van der Waals surface area contributed by atoms with Gasteiger partial charge in [0, 0.05) is 37.9 Å². The first-order valence-electron chi connectivity index (χ1n) is 7.59. The molecule has 0 bridgehead atoms. The monoisotopic (exact) mass is 283 g/mol. The van der Waals surface area contributed by atoms with Gasteiger partial charge in [0.15, 0.2) is 0 Å². The van der Waals surface area contributed by atoms with E-state index < -0.39 is 0 Å². The number of pyridine rings is 1. The third-order valence-electron chi connectivity index (χ3n) is 3.51. The van der Waals surface area contributed by atoms with Crippen molar-refractivity contribution in [2.24, 2.45) is 0 Å². The van der Waals surface area contributed by atoms with Crippen LogP contribution in [-0.2, 0) is 13.0 Å². The molecule has 21 heavy (non-hydrogen) atoms. The molecule has 2 aromatic rings. The molecule has 0 radical (unpaired) electrons. The Labute approximate surface area is 128 Å². The second kappa shape index (κ2) is 7.79. The molecule has 0 aliphatic carbocycles. The van der Waals surface area contributed by atoms with E-state index in [4.69, 9.17) is 0 Å². The maximum absolute atomic E-state index is 4.55. The maximum atomic E-state index is 4.55. The van der Waals surface area contributed by atoms with E-state index in [1.165, 1.54) is 11.1 Å². The first-order valence-corrected chi connectivity index (χ1v) is 7.59. The summed E-state index contributed by atoms with van der Waals surface area (Å²) in [7, 11) is 2.12. The van der Waals surface area contributed by atoms with Crippen molar-refractivity contribution < 1.29 is 0 Å². The summed E-state index contributed by atoms with van der Waals surface area (Å²) in [6.45, 7) is 6.15. The Hall–Kier alpha value is -1.87. The number of likely N-dealkylation sites (N-methyl/N-ethyl adjacent to an activating group) is 1. The molecule has 3 heteroatoms. The molecule has 0 unspecified atom stereocenters. The fraction of sp³-hybridized carbons (Fsp3) is 0.389. The lowest BCUT2D eigenvalue weighted by atomic mass is 10.1. The van der Waals surface area contributed by atoms with Crippen LogP contribution in [0.5, 0.6) is 0 Å². The van der Waals surface area contributed by atoms with Crippen LogP contribution in [0, 0.1) is 0 Å². The SMILES string of the molecule is CC(C)NCc1cccnc1N(C)CCc1ccccc1. The predicted octanol–water partition coefficient (Wildman–Crippen LogP) is 3.26. The van der Waals surface area contributed by atoms with E-state index in [1.54, 1.807) is 0 Å². The molecule has 0 aliphatic heterocycles. The molecule has 1 N–H and O–H groups in total. The minimum Gasteiger partial charge on any atom is -0.359 e. The highest BCUT2D eigenvalue weighted by Crippen LogP contribution is 2.16. The summed E-state index contributed by atoms with van der Waals surface area (Å²) in [5, 5.41) is 3.46. The molecule has 0 fully saturated rings. The summed E-state index contributed by atoms with van der Waals surface area (Å²) in [6, 6.07) is 15.2. The van der Waals surface area contributed by atoms with Crippen molar-refractivity contribution in [1.82, 2.24) is 10.3 Å². The van der Waals surface area contributed by atoms with Gasteiger partial charge in [-0.25, -0.2) is 4.98 Å². The molecule has 1 aromatic heterocycles. The van der Waals surface area contributed by atoms with Gasteiger partial charge in [-0.3, -0.25) is 0 Å². The smallest absolute Gasteiger partial charge is 0.132 e. The highest BCUT2D eigenvalue weighted by atomic mass is 15.2. The Kier molecular flexibility index (Phi) is 5.76.